The predicted molar refractivity (Wildman–Crippen MR) is 69.1 cm³/mol. The standard InChI is InChI=1S/C10H9N3O8S/c14-8(15)5-11-9(16)10(17)12-22(20,21)7-4-2-1-3-6(7)13(18)19/h1-4H,5H2,(H,11,16)(H,12,17)(H,14,15). The second-order valence-electron chi connectivity index (χ2n) is 3.74. The van der Waals surface area contributed by atoms with Gasteiger partial charge in [-0.15, -0.1) is 0 Å². The average Bonchev–Trinajstić information content (AvgIpc) is 2.44. The number of nitro groups is 1. The number of carboxylic acid groups (broad SMARTS) is 1. The van der Waals surface area contributed by atoms with Crippen molar-refractivity contribution in [3.05, 3.63) is 34.4 Å². The van der Waals surface area contributed by atoms with Crippen LogP contribution >= 0.6 is 0 Å². The van der Waals surface area contributed by atoms with Crippen LogP contribution in [0.3, 0.4) is 0 Å². The number of carbonyl (C=O) groups excluding carboxylic acids is 2. The molecule has 2 amide bonds. The van der Waals surface area contributed by atoms with Crippen molar-refractivity contribution in [2.45, 2.75) is 4.90 Å². The van der Waals surface area contributed by atoms with Gasteiger partial charge >= 0.3 is 17.8 Å². The number of carbonyl (C=O) groups is 3. The van der Waals surface area contributed by atoms with Crippen LogP contribution in [0.25, 0.3) is 0 Å². The molecule has 0 spiro atoms. The number of amides is 2. The van der Waals surface area contributed by atoms with Crippen LogP contribution in [0.5, 0.6) is 0 Å². The summed E-state index contributed by atoms with van der Waals surface area (Å²) in [5.41, 5.74) is -0.784. The minimum atomic E-state index is -4.67. The molecule has 1 aromatic carbocycles. The fourth-order valence-electron chi connectivity index (χ4n) is 1.29. The number of para-hydroxylation sites is 1. The topological polar surface area (TPSA) is 173 Å². The van der Waals surface area contributed by atoms with Gasteiger partial charge < -0.3 is 10.4 Å². The lowest BCUT2D eigenvalue weighted by Gasteiger charge is -2.07. The number of sulfonamides is 1. The maximum absolute atomic E-state index is 11.9. The molecule has 0 aliphatic rings. The molecule has 11 nitrogen and oxygen atoms in total. The molecule has 12 heteroatoms. The second kappa shape index (κ2) is 6.62. The third kappa shape index (κ3) is 4.24. The van der Waals surface area contributed by atoms with Gasteiger partial charge in [-0.2, -0.15) is 0 Å². The summed E-state index contributed by atoms with van der Waals surface area (Å²) in [5.74, 6) is -4.62. The summed E-state index contributed by atoms with van der Waals surface area (Å²) in [4.78, 5) is 41.7. The first-order valence-corrected chi connectivity index (χ1v) is 6.93. The van der Waals surface area contributed by atoms with Gasteiger partial charge in [0.2, 0.25) is 0 Å². The van der Waals surface area contributed by atoms with Gasteiger partial charge in [0.1, 0.15) is 6.54 Å². The molecule has 1 aromatic rings. The third-order valence-electron chi connectivity index (χ3n) is 2.18. The number of benzene rings is 1. The fourth-order valence-corrected chi connectivity index (χ4v) is 2.42. The number of nitrogens with zero attached hydrogens (tertiary/aromatic N) is 1. The molecule has 0 saturated carbocycles. The molecule has 0 radical (unpaired) electrons. The van der Waals surface area contributed by atoms with Crippen LogP contribution in [0.15, 0.2) is 29.2 Å². The Morgan fingerprint density at radius 3 is 2.32 bits per heavy atom. The van der Waals surface area contributed by atoms with Gasteiger partial charge in [0.15, 0.2) is 4.90 Å². The SMILES string of the molecule is O=C(O)CNC(=O)C(=O)NS(=O)(=O)c1ccccc1[N+](=O)[O-]. The minimum Gasteiger partial charge on any atom is -0.480 e. The van der Waals surface area contributed by atoms with Gasteiger partial charge in [-0.25, -0.2) is 13.1 Å². The summed E-state index contributed by atoms with van der Waals surface area (Å²) < 4.78 is 25.1. The van der Waals surface area contributed by atoms with E-state index in [2.05, 4.69) is 0 Å². The van der Waals surface area contributed by atoms with Crippen molar-refractivity contribution >= 4 is 33.5 Å². The largest absolute Gasteiger partial charge is 0.480 e. The minimum absolute atomic E-state index is 0.784. The first-order chi connectivity index (χ1) is 10.1. The Kier molecular flexibility index (Phi) is 5.13. The van der Waals surface area contributed by atoms with Crippen molar-refractivity contribution in [1.29, 1.82) is 0 Å². The van der Waals surface area contributed by atoms with Gasteiger partial charge in [0.25, 0.3) is 15.7 Å². The van der Waals surface area contributed by atoms with Gasteiger partial charge in [-0.05, 0) is 6.07 Å². The Morgan fingerprint density at radius 2 is 1.77 bits per heavy atom. The molecule has 0 fully saturated rings. The third-order valence-corrected chi connectivity index (χ3v) is 3.56. The first-order valence-electron chi connectivity index (χ1n) is 5.45. The second-order valence-corrected chi connectivity index (χ2v) is 5.39. The molecule has 118 valence electrons. The molecule has 0 saturated heterocycles. The Labute approximate surface area is 123 Å². The smallest absolute Gasteiger partial charge is 0.323 e. The molecule has 0 aliphatic heterocycles. The zero-order valence-electron chi connectivity index (χ0n) is 10.7. The van der Waals surface area contributed by atoms with E-state index in [1.165, 1.54) is 16.9 Å². The summed E-state index contributed by atoms with van der Waals surface area (Å²) in [7, 11) is -4.67. The number of carboxylic acids is 1. The lowest BCUT2D eigenvalue weighted by Crippen LogP contribution is -2.44. The summed E-state index contributed by atoms with van der Waals surface area (Å²) >= 11 is 0. The van der Waals surface area contributed by atoms with Crippen molar-refractivity contribution in [3.8, 4) is 0 Å². The molecule has 0 bridgehead atoms. The Hall–Kier alpha value is -3.02. The quantitative estimate of drug-likeness (QED) is 0.335. The van der Waals surface area contributed by atoms with Crippen molar-refractivity contribution in [3.63, 3.8) is 0 Å². The van der Waals surface area contributed by atoms with Crippen LogP contribution in [0.1, 0.15) is 0 Å². The van der Waals surface area contributed by atoms with E-state index in [1.807, 2.05) is 0 Å². The van der Waals surface area contributed by atoms with E-state index in [-0.39, 0.29) is 0 Å². The number of rotatable bonds is 5. The first kappa shape index (κ1) is 17.0. The Bertz CT molecular complexity index is 742. The van der Waals surface area contributed by atoms with Crippen LogP contribution < -0.4 is 10.0 Å². The van der Waals surface area contributed by atoms with Crippen LogP contribution in [0.2, 0.25) is 0 Å². The molecule has 1 rings (SSSR count). The fraction of sp³-hybridized carbons (Fsp3) is 0.100. The van der Waals surface area contributed by atoms with Gasteiger partial charge in [0.05, 0.1) is 4.92 Å². The lowest BCUT2D eigenvalue weighted by molar-refractivity contribution is -0.387. The monoisotopic (exact) mass is 331 g/mol. The normalized spacial score (nSPS) is 10.5. The summed E-state index contributed by atoms with van der Waals surface area (Å²) in [6.45, 7) is -0.891. The predicted octanol–water partition coefficient (Wildman–Crippen LogP) is -1.40. The van der Waals surface area contributed by atoms with Crippen LogP contribution in [0.4, 0.5) is 5.69 Å². The Morgan fingerprint density at radius 1 is 1.18 bits per heavy atom. The highest BCUT2D eigenvalue weighted by Crippen LogP contribution is 2.22. The maximum Gasteiger partial charge on any atom is 0.323 e. The van der Waals surface area contributed by atoms with Crippen LogP contribution in [-0.4, -0.2) is 42.8 Å². The zero-order valence-corrected chi connectivity index (χ0v) is 11.5. The van der Waals surface area contributed by atoms with Crippen molar-refractivity contribution in [2.24, 2.45) is 0 Å². The molecule has 0 aromatic heterocycles. The van der Waals surface area contributed by atoms with E-state index < -0.39 is 49.9 Å². The number of nitro benzene ring substituents is 1. The highest BCUT2D eigenvalue weighted by atomic mass is 32.2. The molecular formula is C10H9N3O8S. The van der Waals surface area contributed by atoms with E-state index in [1.54, 1.807) is 5.32 Å². The highest BCUT2D eigenvalue weighted by molar-refractivity contribution is 7.90. The average molecular weight is 331 g/mol. The summed E-state index contributed by atoms with van der Waals surface area (Å²) in [6.07, 6.45) is 0. The van der Waals surface area contributed by atoms with E-state index in [4.69, 9.17) is 5.11 Å². The molecular weight excluding hydrogens is 322 g/mol. The van der Waals surface area contributed by atoms with E-state index in [9.17, 15) is 32.9 Å². The Balaban J connectivity index is 2.97. The van der Waals surface area contributed by atoms with Crippen molar-refractivity contribution < 1.29 is 32.8 Å². The van der Waals surface area contributed by atoms with Gasteiger partial charge in [0, 0.05) is 6.07 Å². The zero-order chi connectivity index (χ0) is 16.9. The van der Waals surface area contributed by atoms with E-state index in [0.717, 1.165) is 12.1 Å². The van der Waals surface area contributed by atoms with Crippen LogP contribution in [-0.2, 0) is 24.4 Å². The maximum atomic E-state index is 11.9. The van der Waals surface area contributed by atoms with Gasteiger partial charge in [-0.1, -0.05) is 12.1 Å². The van der Waals surface area contributed by atoms with Gasteiger partial charge in [-0.3, -0.25) is 24.5 Å². The summed E-state index contributed by atoms with van der Waals surface area (Å²) in [5, 5.41) is 20.7. The number of hydrogen-bond acceptors (Lipinski definition) is 7. The molecule has 0 aliphatic carbocycles. The molecule has 22 heavy (non-hydrogen) atoms. The lowest BCUT2D eigenvalue weighted by atomic mass is 10.3. The molecule has 0 atom stereocenters. The van der Waals surface area contributed by atoms with Crippen molar-refractivity contribution in [1.82, 2.24) is 10.0 Å². The molecule has 0 unspecified atom stereocenters. The van der Waals surface area contributed by atoms with E-state index >= 15 is 0 Å². The number of nitrogens with one attached hydrogen (secondary N) is 2. The highest BCUT2D eigenvalue weighted by Gasteiger charge is 2.29. The summed E-state index contributed by atoms with van der Waals surface area (Å²) in [6, 6.07) is 4.20. The van der Waals surface area contributed by atoms with Crippen molar-refractivity contribution in [2.75, 3.05) is 6.54 Å². The molecule has 3 N–H and O–H groups in total. The van der Waals surface area contributed by atoms with Crippen LogP contribution in [0, 0.1) is 10.1 Å². The van der Waals surface area contributed by atoms with E-state index in [0.29, 0.717) is 0 Å². The number of aliphatic carboxylic acids is 1. The molecule has 0 heterocycles. The number of hydrogen-bond donors (Lipinski definition) is 3.